The summed E-state index contributed by atoms with van der Waals surface area (Å²) in [4.78, 5) is 37.1. The van der Waals surface area contributed by atoms with Gasteiger partial charge in [-0.3, -0.25) is 14.5 Å². The Morgan fingerprint density at radius 2 is 1.52 bits per heavy atom. The number of hydrogen-bond donors (Lipinski definition) is 1. The molecule has 1 aliphatic rings. The number of aryl methyl sites for hydroxylation is 3. The summed E-state index contributed by atoms with van der Waals surface area (Å²) in [5.41, 5.74) is 4.07. The first kappa shape index (κ1) is 23.3. The lowest BCUT2D eigenvalue weighted by Gasteiger charge is -2.16. The third-order valence-corrected chi connectivity index (χ3v) is 6.42. The van der Waals surface area contributed by atoms with E-state index in [1.807, 2.05) is 26.8 Å². The van der Waals surface area contributed by atoms with E-state index in [0.29, 0.717) is 20.9 Å². The topological polar surface area (TPSA) is 75.2 Å². The van der Waals surface area contributed by atoms with Gasteiger partial charge in [-0.2, -0.15) is 0 Å². The van der Waals surface area contributed by atoms with Crippen molar-refractivity contribution in [1.82, 2.24) is 14.9 Å². The summed E-state index contributed by atoms with van der Waals surface area (Å²) in [6.45, 7) is 5.72. The van der Waals surface area contributed by atoms with Crippen LogP contribution in [0.15, 0.2) is 64.3 Å². The predicted octanol–water partition coefficient (Wildman–Crippen LogP) is 5.69. The maximum Gasteiger partial charge on any atom is 0.278 e. The molecule has 2 aromatic carbocycles. The Hall–Kier alpha value is -2.87. The van der Waals surface area contributed by atoms with E-state index >= 15 is 0 Å². The molecule has 2 amide bonds. The molecule has 9 heteroatoms. The van der Waals surface area contributed by atoms with Gasteiger partial charge in [0.05, 0.1) is 6.54 Å². The van der Waals surface area contributed by atoms with Crippen molar-refractivity contribution in [3.05, 3.63) is 91.7 Å². The van der Waals surface area contributed by atoms with Gasteiger partial charge in [0.25, 0.3) is 11.8 Å². The first-order valence-electron chi connectivity index (χ1n) is 10.1. The van der Waals surface area contributed by atoms with Crippen LogP contribution < -0.4 is 5.32 Å². The fraction of sp³-hybridized carbons (Fsp3) is 0.167. The summed E-state index contributed by atoms with van der Waals surface area (Å²) < 4.78 is 0. The number of imide groups is 1. The Labute approximate surface area is 206 Å². The standard InChI is InChI=1S/C24H20Cl2N4O2S/c1-13-10-18(26)8-9-19(13)29-20-21(33-24-27-14(2)11-15(3)28-24)23(32)30(22(20)31)12-16-4-6-17(25)7-5-16/h4-11,29H,12H2,1-3H3. The normalized spacial score (nSPS) is 13.8. The van der Waals surface area contributed by atoms with Gasteiger partial charge in [-0.1, -0.05) is 35.3 Å². The molecular formula is C24H20Cl2N4O2S. The molecule has 4 rings (SSSR count). The molecule has 0 radical (unpaired) electrons. The zero-order valence-electron chi connectivity index (χ0n) is 18.1. The van der Waals surface area contributed by atoms with Crippen molar-refractivity contribution in [2.24, 2.45) is 0 Å². The van der Waals surface area contributed by atoms with Gasteiger partial charge in [-0.15, -0.1) is 0 Å². The summed E-state index contributed by atoms with van der Waals surface area (Å²) in [5.74, 6) is -0.826. The van der Waals surface area contributed by atoms with Gasteiger partial charge < -0.3 is 5.32 Å². The average molecular weight is 499 g/mol. The highest BCUT2D eigenvalue weighted by atomic mass is 35.5. The Bertz CT molecular complexity index is 1270. The maximum atomic E-state index is 13.4. The van der Waals surface area contributed by atoms with Crippen molar-refractivity contribution in [3.8, 4) is 0 Å². The molecule has 2 heterocycles. The van der Waals surface area contributed by atoms with E-state index in [9.17, 15) is 9.59 Å². The number of aromatic nitrogens is 2. The number of thioether (sulfide) groups is 1. The van der Waals surface area contributed by atoms with Crippen molar-refractivity contribution in [2.45, 2.75) is 32.5 Å². The monoisotopic (exact) mass is 498 g/mol. The molecule has 168 valence electrons. The SMILES string of the molecule is Cc1cc(C)nc(SC2=C(Nc3ccc(Cl)cc3C)C(=O)N(Cc3ccc(Cl)cc3)C2=O)n1. The summed E-state index contributed by atoms with van der Waals surface area (Å²) in [6, 6.07) is 14.2. The van der Waals surface area contributed by atoms with Gasteiger partial charge in [0.2, 0.25) is 0 Å². The number of halogens is 2. The lowest BCUT2D eigenvalue weighted by atomic mass is 10.2. The van der Waals surface area contributed by atoms with Gasteiger partial charge in [0.15, 0.2) is 5.16 Å². The van der Waals surface area contributed by atoms with Gasteiger partial charge in [-0.05, 0) is 80.1 Å². The van der Waals surface area contributed by atoms with Gasteiger partial charge in [0.1, 0.15) is 10.6 Å². The van der Waals surface area contributed by atoms with Gasteiger partial charge >= 0.3 is 0 Å². The Morgan fingerprint density at radius 1 is 0.879 bits per heavy atom. The molecule has 0 spiro atoms. The fourth-order valence-corrected chi connectivity index (χ4v) is 4.76. The second-order valence-corrected chi connectivity index (χ2v) is 9.50. The first-order chi connectivity index (χ1) is 15.7. The Morgan fingerprint density at radius 3 is 2.15 bits per heavy atom. The molecule has 0 fully saturated rings. The molecule has 0 unspecified atom stereocenters. The summed E-state index contributed by atoms with van der Waals surface area (Å²) in [6.07, 6.45) is 0. The second kappa shape index (κ2) is 9.55. The van der Waals surface area contributed by atoms with Crippen molar-refractivity contribution in [3.63, 3.8) is 0 Å². The van der Waals surface area contributed by atoms with Crippen LogP contribution in [0.1, 0.15) is 22.5 Å². The van der Waals surface area contributed by atoms with Crippen molar-refractivity contribution < 1.29 is 9.59 Å². The summed E-state index contributed by atoms with van der Waals surface area (Å²) in [7, 11) is 0. The minimum Gasteiger partial charge on any atom is -0.350 e. The summed E-state index contributed by atoms with van der Waals surface area (Å²) in [5, 5.41) is 4.73. The van der Waals surface area contributed by atoms with Crippen LogP contribution in [0.2, 0.25) is 10.0 Å². The zero-order chi connectivity index (χ0) is 23.7. The van der Waals surface area contributed by atoms with Gasteiger partial charge in [-0.25, -0.2) is 9.97 Å². The number of amides is 2. The first-order valence-corrected chi connectivity index (χ1v) is 11.7. The van der Waals surface area contributed by atoms with E-state index in [0.717, 1.165) is 34.3 Å². The molecule has 33 heavy (non-hydrogen) atoms. The number of carbonyl (C=O) groups is 2. The van der Waals surface area contributed by atoms with E-state index in [2.05, 4.69) is 15.3 Å². The number of nitrogens with one attached hydrogen (secondary N) is 1. The molecule has 0 bridgehead atoms. The zero-order valence-corrected chi connectivity index (χ0v) is 20.5. The molecule has 0 saturated carbocycles. The van der Waals surface area contributed by atoms with E-state index in [4.69, 9.17) is 23.2 Å². The van der Waals surface area contributed by atoms with Crippen LogP contribution in [0.25, 0.3) is 0 Å². The molecule has 1 aliphatic heterocycles. The molecule has 1 N–H and O–H groups in total. The molecule has 1 aromatic heterocycles. The van der Waals surface area contributed by atoms with E-state index < -0.39 is 11.8 Å². The Balaban J connectivity index is 1.71. The summed E-state index contributed by atoms with van der Waals surface area (Å²) >= 11 is 13.1. The fourth-order valence-electron chi connectivity index (χ4n) is 3.41. The smallest absolute Gasteiger partial charge is 0.278 e. The highest BCUT2D eigenvalue weighted by Gasteiger charge is 2.39. The largest absolute Gasteiger partial charge is 0.350 e. The second-order valence-electron chi connectivity index (χ2n) is 7.65. The lowest BCUT2D eigenvalue weighted by Crippen LogP contribution is -2.32. The van der Waals surface area contributed by atoms with Crippen LogP contribution in [0, 0.1) is 20.8 Å². The van der Waals surface area contributed by atoms with E-state index in [1.165, 1.54) is 4.90 Å². The van der Waals surface area contributed by atoms with Crippen LogP contribution >= 0.6 is 35.0 Å². The van der Waals surface area contributed by atoms with Crippen LogP contribution in [0.3, 0.4) is 0 Å². The lowest BCUT2D eigenvalue weighted by molar-refractivity contribution is -0.137. The number of anilines is 1. The molecular weight excluding hydrogens is 479 g/mol. The van der Waals surface area contributed by atoms with Gasteiger partial charge in [0, 0.05) is 27.1 Å². The van der Waals surface area contributed by atoms with Crippen LogP contribution in [-0.4, -0.2) is 26.7 Å². The van der Waals surface area contributed by atoms with Crippen LogP contribution in [-0.2, 0) is 16.1 Å². The number of hydrogen-bond acceptors (Lipinski definition) is 6. The predicted molar refractivity (Wildman–Crippen MR) is 131 cm³/mol. The molecule has 6 nitrogen and oxygen atoms in total. The Kier molecular flexibility index (Phi) is 6.74. The highest BCUT2D eigenvalue weighted by molar-refractivity contribution is 8.04. The van der Waals surface area contributed by atoms with Crippen molar-refractivity contribution >= 4 is 52.5 Å². The van der Waals surface area contributed by atoms with E-state index in [-0.39, 0.29) is 17.1 Å². The third kappa shape index (κ3) is 5.21. The van der Waals surface area contributed by atoms with Crippen molar-refractivity contribution in [2.75, 3.05) is 5.32 Å². The van der Waals surface area contributed by atoms with Crippen LogP contribution in [0.4, 0.5) is 5.69 Å². The molecule has 0 aliphatic carbocycles. The van der Waals surface area contributed by atoms with Crippen molar-refractivity contribution in [1.29, 1.82) is 0 Å². The quantitative estimate of drug-likeness (QED) is 0.347. The van der Waals surface area contributed by atoms with Crippen LogP contribution in [0.5, 0.6) is 0 Å². The minimum atomic E-state index is -0.420. The maximum absolute atomic E-state index is 13.4. The van der Waals surface area contributed by atoms with E-state index in [1.54, 1.807) is 42.5 Å². The minimum absolute atomic E-state index is 0.122. The number of rotatable bonds is 6. The third-order valence-electron chi connectivity index (χ3n) is 4.98. The molecule has 0 saturated heterocycles. The highest BCUT2D eigenvalue weighted by Crippen LogP contribution is 2.36. The molecule has 3 aromatic rings. The number of nitrogens with zero attached hydrogens (tertiary/aromatic N) is 3. The average Bonchev–Trinajstić information content (AvgIpc) is 2.95. The number of benzene rings is 2. The number of carbonyl (C=O) groups excluding carboxylic acids is 2. The molecule has 0 atom stereocenters.